The van der Waals surface area contributed by atoms with E-state index in [0.717, 1.165) is 45.6 Å². The lowest BCUT2D eigenvalue weighted by molar-refractivity contribution is -0.142. The summed E-state index contributed by atoms with van der Waals surface area (Å²) >= 11 is 0. The molecule has 31 heavy (non-hydrogen) atoms. The third-order valence-corrected chi connectivity index (χ3v) is 6.60. The van der Waals surface area contributed by atoms with Gasteiger partial charge < -0.3 is 19.3 Å². The first-order valence-corrected chi connectivity index (χ1v) is 11.3. The summed E-state index contributed by atoms with van der Waals surface area (Å²) in [6.07, 6.45) is 3.13. The molecule has 0 radical (unpaired) electrons. The topological polar surface area (TPSA) is 62.3 Å². The number of likely N-dealkylation sites (tertiary alicyclic amines) is 1. The Morgan fingerprint density at radius 2 is 1.94 bits per heavy atom. The second kappa shape index (κ2) is 9.96. The van der Waals surface area contributed by atoms with Gasteiger partial charge >= 0.3 is 0 Å². The number of benzene rings is 1. The van der Waals surface area contributed by atoms with Crippen molar-refractivity contribution >= 4 is 11.8 Å². The summed E-state index contributed by atoms with van der Waals surface area (Å²) in [4.78, 5) is 31.6. The molecule has 3 aliphatic heterocycles. The van der Waals surface area contributed by atoms with Gasteiger partial charge in [-0.15, -0.1) is 0 Å². The maximum Gasteiger partial charge on any atom is 0.245 e. The number of nitrogens with zero attached hydrogens (tertiary/aromatic N) is 3. The zero-order valence-corrected chi connectivity index (χ0v) is 18.2. The first kappa shape index (κ1) is 22.0. The molecule has 1 aromatic rings. The summed E-state index contributed by atoms with van der Waals surface area (Å²) in [5.74, 6) is -0.0922. The lowest BCUT2D eigenvalue weighted by Gasteiger charge is -2.33. The van der Waals surface area contributed by atoms with Gasteiger partial charge in [0, 0.05) is 64.8 Å². The normalized spacial score (nSPS) is 26.0. The van der Waals surface area contributed by atoms with Crippen LogP contribution in [-0.2, 0) is 14.3 Å². The Labute approximate surface area is 183 Å². The summed E-state index contributed by atoms with van der Waals surface area (Å²) in [6, 6.07) is 5.98. The van der Waals surface area contributed by atoms with Crippen LogP contribution in [0.5, 0.6) is 5.75 Å². The number of rotatable bonds is 4. The number of hydrogen-bond donors (Lipinski definition) is 0. The Morgan fingerprint density at radius 1 is 1.13 bits per heavy atom. The highest BCUT2D eigenvalue weighted by atomic mass is 19.1. The molecule has 0 N–H and O–H groups in total. The largest absolute Gasteiger partial charge is 0.488 e. The van der Waals surface area contributed by atoms with E-state index in [1.54, 1.807) is 17.0 Å². The monoisotopic (exact) mass is 433 g/mol. The van der Waals surface area contributed by atoms with Crippen LogP contribution in [0, 0.1) is 5.82 Å². The third kappa shape index (κ3) is 5.36. The third-order valence-electron chi connectivity index (χ3n) is 6.60. The van der Waals surface area contributed by atoms with E-state index in [-0.39, 0.29) is 23.7 Å². The first-order valence-electron chi connectivity index (χ1n) is 11.3. The Kier molecular flexibility index (Phi) is 7.07. The van der Waals surface area contributed by atoms with Gasteiger partial charge in [-0.3, -0.25) is 14.5 Å². The van der Waals surface area contributed by atoms with Crippen LogP contribution >= 0.6 is 0 Å². The summed E-state index contributed by atoms with van der Waals surface area (Å²) in [5, 5.41) is 0. The molecule has 170 valence electrons. The van der Waals surface area contributed by atoms with Crippen molar-refractivity contribution in [3.63, 3.8) is 0 Å². The van der Waals surface area contributed by atoms with Gasteiger partial charge in [-0.1, -0.05) is 6.07 Å². The molecule has 3 heterocycles. The van der Waals surface area contributed by atoms with Crippen molar-refractivity contribution in [3.05, 3.63) is 30.1 Å². The molecule has 0 aromatic heterocycles. The van der Waals surface area contributed by atoms with Gasteiger partial charge in [-0.25, -0.2) is 4.39 Å². The Hall–Kier alpha value is -2.19. The molecule has 0 spiro atoms. The van der Waals surface area contributed by atoms with E-state index in [4.69, 9.17) is 9.47 Å². The summed E-state index contributed by atoms with van der Waals surface area (Å²) in [5.41, 5.74) is 0. The first-order chi connectivity index (χ1) is 15.0. The van der Waals surface area contributed by atoms with Crippen LogP contribution in [0.25, 0.3) is 0 Å². The number of carbonyl (C=O) groups is 2. The molecule has 3 saturated heterocycles. The highest BCUT2D eigenvalue weighted by Gasteiger charge is 2.41. The minimum absolute atomic E-state index is 0.00521. The van der Waals surface area contributed by atoms with Gasteiger partial charge in [-0.05, 0) is 31.4 Å². The van der Waals surface area contributed by atoms with Crippen molar-refractivity contribution in [2.24, 2.45) is 0 Å². The fourth-order valence-corrected chi connectivity index (χ4v) is 4.98. The van der Waals surface area contributed by atoms with Crippen molar-refractivity contribution in [1.29, 1.82) is 0 Å². The predicted molar refractivity (Wildman–Crippen MR) is 113 cm³/mol. The molecular formula is C23H32FN3O4. The second-order valence-electron chi connectivity index (χ2n) is 8.68. The molecule has 0 saturated carbocycles. The zero-order valence-electron chi connectivity index (χ0n) is 18.2. The van der Waals surface area contributed by atoms with Crippen LogP contribution in [0.4, 0.5) is 4.39 Å². The molecule has 2 unspecified atom stereocenters. The summed E-state index contributed by atoms with van der Waals surface area (Å²) in [6.45, 7) is 6.67. The van der Waals surface area contributed by atoms with Crippen LogP contribution in [0.15, 0.2) is 24.3 Å². The Morgan fingerprint density at radius 3 is 2.68 bits per heavy atom. The number of ether oxygens (including phenoxy) is 2. The van der Waals surface area contributed by atoms with E-state index < -0.39 is 6.04 Å². The van der Waals surface area contributed by atoms with E-state index in [9.17, 15) is 14.0 Å². The molecule has 2 amide bonds. The Balaban J connectivity index is 1.38. The number of amides is 2. The molecule has 2 atom stereocenters. The van der Waals surface area contributed by atoms with Crippen LogP contribution < -0.4 is 4.74 Å². The van der Waals surface area contributed by atoms with Gasteiger partial charge in [0.2, 0.25) is 11.8 Å². The SMILES string of the molecule is CC(=O)N1CC(Oc2cccc(F)c2)CC1C(=O)N1CCCN(C2CCOCC2)CC1. The van der Waals surface area contributed by atoms with E-state index in [1.165, 1.54) is 19.1 Å². The van der Waals surface area contributed by atoms with Crippen molar-refractivity contribution in [3.8, 4) is 5.75 Å². The van der Waals surface area contributed by atoms with Crippen LogP contribution in [0.1, 0.15) is 32.6 Å². The van der Waals surface area contributed by atoms with E-state index in [1.807, 2.05) is 4.90 Å². The lowest BCUT2D eigenvalue weighted by Crippen LogP contribution is -2.48. The number of halogens is 1. The molecule has 0 aliphatic carbocycles. The van der Waals surface area contributed by atoms with Gasteiger partial charge in [-0.2, -0.15) is 0 Å². The fraction of sp³-hybridized carbons (Fsp3) is 0.652. The van der Waals surface area contributed by atoms with E-state index in [0.29, 0.717) is 37.8 Å². The quantitative estimate of drug-likeness (QED) is 0.726. The standard InChI is InChI=1S/C23H32FN3O4/c1-17(28)27-16-21(31-20-5-2-4-18(24)14-20)15-22(27)23(29)26-9-3-8-25(10-11-26)19-6-12-30-13-7-19/h2,4-5,14,19,21-22H,3,6-13,15-16H2,1H3. The zero-order chi connectivity index (χ0) is 21.8. The summed E-state index contributed by atoms with van der Waals surface area (Å²) in [7, 11) is 0. The van der Waals surface area contributed by atoms with E-state index >= 15 is 0 Å². The minimum atomic E-state index is -0.523. The molecule has 0 bridgehead atoms. The highest BCUT2D eigenvalue weighted by Crippen LogP contribution is 2.26. The van der Waals surface area contributed by atoms with Gasteiger partial charge in [0.1, 0.15) is 23.7 Å². The van der Waals surface area contributed by atoms with Gasteiger partial charge in [0.05, 0.1) is 6.54 Å². The average Bonchev–Trinajstić information content (AvgIpc) is 3.03. The molecule has 8 heteroatoms. The summed E-state index contributed by atoms with van der Waals surface area (Å²) < 4.78 is 24.9. The Bertz CT molecular complexity index is 786. The van der Waals surface area contributed by atoms with Crippen molar-refractivity contribution < 1.29 is 23.5 Å². The lowest BCUT2D eigenvalue weighted by atomic mass is 10.1. The molecule has 3 aliphatic rings. The molecule has 1 aromatic carbocycles. The van der Waals surface area contributed by atoms with Crippen LogP contribution in [-0.4, -0.2) is 90.6 Å². The highest BCUT2D eigenvalue weighted by molar-refractivity contribution is 5.87. The number of carbonyl (C=O) groups excluding carboxylic acids is 2. The van der Waals surface area contributed by atoms with Crippen molar-refractivity contribution in [2.45, 2.75) is 50.8 Å². The molecule has 3 fully saturated rings. The fourth-order valence-electron chi connectivity index (χ4n) is 4.98. The van der Waals surface area contributed by atoms with Crippen LogP contribution in [0.3, 0.4) is 0 Å². The van der Waals surface area contributed by atoms with Gasteiger partial charge in [0.25, 0.3) is 0 Å². The van der Waals surface area contributed by atoms with Crippen LogP contribution in [0.2, 0.25) is 0 Å². The van der Waals surface area contributed by atoms with Gasteiger partial charge in [0.15, 0.2) is 0 Å². The number of hydrogen-bond acceptors (Lipinski definition) is 5. The van der Waals surface area contributed by atoms with Crippen molar-refractivity contribution in [2.75, 3.05) is 45.9 Å². The minimum Gasteiger partial charge on any atom is -0.488 e. The molecule has 7 nitrogen and oxygen atoms in total. The molecular weight excluding hydrogens is 401 g/mol. The average molecular weight is 434 g/mol. The maximum absolute atomic E-state index is 13.5. The predicted octanol–water partition coefficient (Wildman–Crippen LogP) is 1.91. The molecule has 4 rings (SSSR count). The van der Waals surface area contributed by atoms with Crippen molar-refractivity contribution in [1.82, 2.24) is 14.7 Å². The van der Waals surface area contributed by atoms with E-state index in [2.05, 4.69) is 4.90 Å². The maximum atomic E-state index is 13.5. The second-order valence-corrected chi connectivity index (χ2v) is 8.68. The smallest absolute Gasteiger partial charge is 0.245 e.